The fourth-order valence-electron chi connectivity index (χ4n) is 5.13. The van der Waals surface area contributed by atoms with Gasteiger partial charge in [-0.15, -0.1) is 0 Å². The molecule has 204 valence electrons. The number of rotatable bonds is 5. The first kappa shape index (κ1) is 26.6. The molecule has 0 amide bonds. The Kier molecular flexibility index (Phi) is 6.36. The van der Waals surface area contributed by atoms with Gasteiger partial charge in [0.05, 0.1) is 9.79 Å². The maximum Gasteiger partial charge on any atom is 0.211 e. The molecular weight excluding hydrogens is 558 g/mol. The fraction of sp³-hybridized carbons (Fsp3) is 0.0625. The van der Waals surface area contributed by atoms with Gasteiger partial charge in [-0.05, 0) is 78.7 Å². The Morgan fingerprint density at radius 2 is 0.927 bits per heavy atom. The van der Waals surface area contributed by atoms with Crippen molar-refractivity contribution < 1.29 is 26.4 Å². The lowest BCUT2D eigenvalue weighted by atomic mass is 10.1. The van der Waals surface area contributed by atoms with Crippen LogP contribution in [0.5, 0.6) is 0 Å². The summed E-state index contributed by atoms with van der Waals surface area (Å²) in [7, 11) is -7.74. The van der Waals surface area contributed by atoms with Gasteiger partial charge in [-0.1, -0.05) is 48.5 Å². The summed E-state index contributed by atoms with van der Waals surface area (Å²) in [5.41, 5.74) is 3.21. The van der Waals surface area contributed by atoms with Crippen molar-refractivity contribution >= 4 is 54.8 Å². The summed E-state index contributed by atoms with van der Waals surface area (Å²) < 4.78 is 51.6. The highest BCUT2D eigenvalue weighted by molar-refractivity contribution is 7.97. The number of hydrogen-bond donors (Lipinski definition) is 0. The van der Waals surface area contributed by atoms with Crippen LogP contribution in [0.4, 0.5) is 11.4 Å². The summed E-state index contributed by atoms with van der Waals surface area (Å²) in [5, 5.41) is 0. The molecule has 0 bridgehead atoms. The van der Waals surface area contributed by atoms with E-state index in [9.17, 15) is 26.4 Å². The summed E-state index contributed by atoms with van der Waals surface area (Å²) >= 11 is 0. The average Bonchev–Trinajstić information content (AvgIpc) is 3.29. The van der Waals surface area contributed by atoms with Gasteiger partial charge in [-0.2, -0.15) is 0 Å². The van der Waals surface area contributed by atoms with Crippen molar-refractivity contribution in [1.29, 1.82) is 0 Å². The molecule has 0 unspecified atom stereocenters. The number of benzene rings is 4. The highest BCUT2D eigenvalue weighted by Crippen LogP contribution is 2.37. The number of nitrogens with zero attached hydrogens (tertiary/aromatic N) is 1. The number of allylic oxidation sites excluding steroid dienone is 2. The largest absolute Gasteiger partial charge is 0.342 e. The zero-order valence-electron chi connectivity index (χ0n) is 21.8. The molecule has 0 aromatic heterocycles. The van der Waals surface area contributed by atoms with Crippen molar-refractivity contribution in [2.24, 2.45) is 0 Å². The molecule has 2 heterocycles. The van der Waals surface area contributed by atoms with Gasteiger partial charge in [0.1, 0.15) is 9.81 Å². The number of anilines is 2. The van der Waals surface area contributed by atoms with Crippen LogP contribution in [-0.4, -0.2) is 34.9 Å². The molecule has 2 aliphatic rings. The van der Waals surface area contributed by atoms with E-state index in [4.69, 9.17) is 0 Å². The van der Waals surface area contributed by atoms with Gasteiger partial charge in [0.15, 0.2) is 0 Å². The van der Waals surface area contributed by atoms with E-state index in [-0.39, 0.29) is 30.7 Å². The molecule has 0 N–H and O–H groups in total. The molecule has 4 aromatic carbocycles. The van der Waals surface area contributed by atoms with Crippen LogP contribution in [0.15, 0.2) is 117 Å². The van der Waals surface area contributed by atoms with Crippen molar-refractivity contribution in [3.63, 3.8) is 0 Å². The van der Waals surface area contributed by atoms with Crippen LogP contribution in [0.3, 0.4) is 0 Å². The lowest BCUT2D eigenvalue weighted by Crippen LogP contribution is -2.15. The number of carbonyl (C=O) groups excluding carboxylic acids is 2. The Morgan fingerprint density at radius 3 is 1.27 bits per heavy atom. The summed E-state index contributed by atoms with van der Waals surface area (Å²) in [4.78, 5) is 27.1. The molecule has 41 heavy (non-hydrogen) atoms. The maximum atomic E-state index is 12.9. The molecule has 0 spiro atoms. The van der Waals surface area contributed by atoms with Gasteiger partial charge in [-0.25, -0.2) is 16.8 Å². The van der Waals surface area contributed by atoms with Crippen molar-refractivity contribution in [3.05, 3.63) is 129 Å². The Balaban J connectivity index is 1.25. The first-order chi connectivity index (χ1) is 19.6. The number of carbonyl (C=O) groups is 2. The Labute approximate surface area is 237 Å². The summed E-state index contributed by atoms with van der Waals surface area (Å²) in [5.74, 6) is -1.02. The minimum Gasteiger partial charge on any atom is -0.342 e. The third kappa shape index (κ3) is 4.34. The zero-order chi connectivity index (χ0) is 28.9. The molecule has 0 aliphatic carbocycles. The van der Waals surface area contributed by atoms with E-state index < -0.39 is 31.2 Å². The number of fused-ring (bicyclic) bond motifs is 2. The Bertz CT molecular complexity index is 1880. The second-order valence-electron chi connectivity index (χ2n) is 9.60. The fourth-order valence-corrected chi connectivity index (χ4v) is 8.31. The van der Waals surface area contributed by atoms with E-state index >= 15 is 0 Å². The second kappa shape index (κ2) is 9.79. The summed E-state index contributed by atoms with van der Waals surface area (Å²) in [6.45, 7) is 2.60. The quantitative estimate of drug-likeness (QED) is 0.272. The topological polar surface area (TPSA) is 106 Å². The van der Waals surface area contributed by atoms with Gasteiger partial charge < -0.3 is 4.90 Å². The maximum absolute atomic E-state index is 12.9. The molecule has 2 aliphatic heterocycles. The third-order valence-electron chi connectivity index (χ3n) is 7.19. The van der Waals surface area contributed by atoms with Gasteiger partial charge in [-0.3, -0.25) is 9.59 Å². The SMILES string of the molecule is CCN(c1ccc(/C=C2/C(=O)c3ccccc3S2(=O)=O)cc1)c1ccc(/C=C2/C(=O)c3ccccc3S2(=O)=O)cc1. The lowest BCUT2D eigenvalue weighted by molar-refractivity contribution is 0.103. The zero-order valence-corrected chi connectivity index (χ0v) is 23.4. The van der Waals surface area contributed by atoms with Gasteiger partial charge in [0.25, 0.3) is 0 Å². The van der Waals surface area contributed by atoms with Crippen LogP contribution < -0.4 is 4.90 Å². The second-order valence-corrected chi connectivity index (χ2v) is 13.4. The standard InChI is InChI=1S/C32H23NO6S2/c1-2-33(23-15-11-21(12-16-23)19-29-31(34)25-7-3-5-9-27(25)40(29,36)37)24-17-13-22(14-18-24)20-30-32(35)26-8-4-6-10-28(26)41(30,38)39/h3-20H,2H2,1H3/b29-19-,30-20-. The number of hydrogen-bond acceptors (Lipinski definition) is 7. The Hall–Kier alpha value is -4.60. The molecule has 0 saturated heterocycles. The van der Waals surface area contributed by atoms with E-state index in [1.54, 1.807) is 48.5 Å². The summed E-state index contributed by atoms with van der Waals surface area (Å²) in [6.07, 6.45) is 2.80. The van der Waals surface area contributed by atoms with Gasteiger partial charge >= 0.3 is 0 Å². The normalized spacial score (nSPS) is 18.5. The smallest absolute Gasteiger partial charge is 0.211 e. The van der Waals surface area contributed by atoms with Gasteiger partial charge in [0.2, 0.25) is 31.2 Å². The van der Waals surface area contributed by atoms with Crippen LogP contribution in [0, 0.1) is 0 Å². The Morgan fingerprint density at radius 1 is 0.561 bits per heavy atom. The first-order valence-corrected chi connectivity index (χ1v) is 15.8. The van der Waals surface area contributed by atoms with Crippen molar-refractivity contribution in [2.75, 3.05) is 11.4 Å². The number of sulfone groups is 2. The van der Waals surface area contributed by atoms with Crippen LogP contribution in [-0.2, 0) is 19.7 Å². The van der Waals surface area contributed by atoms with E-state index in [0.29, 0.717) is 17.7 Å². The van der Waals surface area contributed by atoms with Crippen LogP contribution in [0.2, 0.25) is 0 Å². The predicted molar refractivity (Wildman–Crippen MR) is 157 cm³/mol. The molecule has 4 aromatic rings. The van der Waals surface area contributed by atoms with Crippen LogP contribution in [0.25, 0.3) is 12.2 Å². The molecule has 6 rings (SSSR count). The highest BCUT2D eigenvalue weighted by atomic mass is 32.2. The van der Waals surface area contributed by atoms with E-state index in [0.717, 1.165) is 11.4 Å². The van der Waals surface area contributed by atoms with Crippen LogP contribution >= 0.6 is 0 Å². The minimum atomic E-state index is -3.87. The first-order valence-electron chi connectivity index (χ1n) is 12.8. The average molecular weight is 582 g/mol. The molecule has 9 heteroatoms. The summed E-state index contributed by atoms with van der Waals surface area (Å²) in [6, 6.07) is 26.8. The molecular formula is C32H23NO6S2. The number of ketones is 2. The molecule has 0 saturated carbocycles. The van der Waals surface area contributed by atoms with Crippen molar-refractivity contribution in [3.8, 4) is 0 Å². The third-order valence-corrected chi connectivity index (χ3v) is 10.8. The van der Waals surface area contributed by atoms with Crippen molar-refractivity contribution in [2.45, 2.75) is 16.7 Å². The molecule has 0 fully saturated rings. The molecule has 0 atom stereocenters. The van der Waals surface area contributed by atoms with E-state index in [1.165, 1.54) is 36.4 Å². The minimum absolute atomic E-state index is 0.0311. The molecule has 0 radical (unpaired) electrons. The van der Waals surface area contributed by atoms with E-state index in [1.807, 2.05) is 36.1 Å². The highest BCUT2D eigenvalue weighted by Gasteiger charge is 2.39. The monoisotopic (exact) mass is 581 g/mol. The molecule has 7 nitrogen and oxygen atoms in total. The lowest BCUT2D eigenvalue weighted by Gasteiger charge is -2.23. The van der Waals surface area contributed by atoms with Crippen LogP contribution in [0.1, 0.15) is 38.8 Å². The van der Waals surface area contributed by atoms with E-state index in [2.05, 4.69) is 0 Å². The predicted octanol–water partition coefficient (Wildman–Crippen LogP) is 5.87. The number of Topliss-reactive ketones (excluding diaryl/α,β-unsaturated/α-hetero) is 2. The van der Waals surface area contributed by atoms with Crippen molar-refractivity contribution in [1.82, 2.24) is 0 Å². The van der Waals surface area contributed by atoms with Gasteiger partial charge in [0, 0.05) is 29.0 Å².